The van der Waals surface area contributed by atoms with Crippen molar-refractivity contribution >= 4 is 0 Å². The molecule has 0 aliphatic rings. The smallest absolute Gasteiger partial charge is 0.0159 e. The maximum Gasteiger partial charge on any atom is 0.0159 e. The van der Waals surface area contributed by atoms with Crippen LogP contribution in [0.4, 0.5) is 0 Å². The van der Waals surface area contributed by atoms with Crippen LogP contribution in [0.25, 0.3) is 0 Å². The molecule has 0 heteroatoms. The third kappa shape index (κ3) is 1.94. The van der Waals surface area contributed by atoms with Gasteiger partial charge in [0.25, 0.3) is 0 Å². The Morgan fingerprint density at radius 1 is 0.800 bits per heavy atom. The fourth-order valence-corrected chi connectivity index (χ4v) is 1.57. The Morgan fingerprint density at radius 2 is 1.27 bits per heavy atom. The van der Waals surface area contributed by atoms with Gasteiger partial charge < -0.3 is 0 Å². The van der Waals surface area contributed by atoms with Gasteiger partial charge in [-0.2, -0.15) is 0 Å². The third-order valence-electron chi connectivity index (χ3n) is 2.64. The zero-order valence-electron chi connectivity index (χ0n) is 8.96. The van der Waals surface area contributed by atoms with Gasteiger partial charge in [-0.25, -0.2) is 0 Å². The molecule has 0 spiro atoms. The van der Waals surface area contributed by atoms with Gasteiger partial charge in [-0.05, 0) is 47.5 Å². The minimum Gasteiger partial charge on any atom is -0.0537 e. The van der Waals surface area contributed by atoms with Crippen LogP contribution in [0.3, 0.4) is 0 Å². The summed E-state index contributed by atoms with van der Waals surface area (Å²) in [6.07, 6.45) is 0. The van der Waals surface area contributed by atoms with Crippen molar-refractivity contribution in [2.24, 2.45) is 0 Å². The number of hydrogen-bond donors (Lipinski definition) is 0. The third-order valence-corrected chi connectivity index (χ3v) is 2.64. The first-order valence-electron chi connectivity index (χ1n) is 4.98. The summed E-state index contributed by atoms with van der Waals surface area (Å²) < 4.78 is 0. The van der Waals surface area contributed by atoms with Crippen molar-refractivity contribution in [3.05, 3.63) is 71.8 Å². The molecule has 0 unspecified atom stereocenters. The maximum absolute atomic E-state index is 3.24. The molecule has 0 heterocycles. The van der Waals surface area contributed by atoms with Crippen LogP contribution in [-0.4, -0.2) is 0 Å². The molecule has 0 saturated heterocycles. The van der Waals surface area contributed by atoms with E-state index in [0.29, 0.717) is 0 Å². The largest absolute Gasteiger partial charge is 0.0537 e. The normalized spacial score (nSPS) is 11.3. The summed E-state index contributed by atoms with van der Waals surface area (Å²) in [5.74, 6) is 0. The van der Waals surface area contributed by atoms with Crippen LogP contribution in [0.5, 0.6) is 0 Å². The van der Waals surface area contributed by atoms with Crippen LogP contribution in [-0.2, 0) is 5.41 Å². The van der Waals surface area contributed by atoms with Crippen LogP contribution in [0, 0.1) is 24.3 Å². The van der Waals surface area contributed by atoms with Crippen LogP contribution in [0.1, 0.15) is 25.0 Å². The standard InChI is InChI=1S/C15H12/c1-15(2,13-9-5-3-6-10-13)14-11-7-4-8-12-14/h3-5,7,10,12H,1-2H3. The highest BCUT2D eigenvalue weighted by molar-refractivity contribution is 5.35. The second-order valence-corrected chi connectivity index (χ2v) is 4.03. The van der Waals surface area contributed by atoms with Crippen LogP contribution in [0.2, 0.25) is 0 Å². The predicted octanol–water partition coefficient (Wildman–Crippen LogP) is 3.21. The second-order valence-electron chi connectivity index (χ2n) is 4.03. The minimum absolute atomic E-state index is 0.0878. The molecule has 0 amide bonds. The summed E-state index contributed by atoms with van der Waals surface area (Å²) >= 11 is 0. The maximum atomic E-state index is 3.24. The van der Waals surface area contributed by atoms with Gasteiger partial charge in [0.15, 0.2) is 0 Å². The monoisotopic (exact) mass is 192 g/mol. The summed E-state index contributed by atoms with van der Waals surface area (Å²) in [6.45, 7) is 4.32. The Bertz CT molecular complexity index is 371. The van der Waals surface area contributed by atoms with Gasteiger partial charge in [0.1, 0.15) is 0 Å². The van der Waals surface area contributed by atoms with Crippen LogP contribution < -0.4 is 0 Å². The lowest BCUT2D eigenvalue weighted by Crippen LogP contribution is -2.18. The zero-order chi connectivity index (χ0) is 10.7. The van der Waals surface area contributed by atoms with E-state index < -0.39 is 0 Å². The summed E-state index contributed by atoms with van der Waals surface area (Å²) in [5.41, 5.74) is 2.16. The molecule has 2 rings (SSSR count). The molecule has 0 atom stereocenters. The van der Waals surface area contributed by atoms with E-state index in [9.17, 15) is 0 Å². The molecule has 4 radical (unpaired) electrons. The molecule has 0 nitrogen and oxygen atoms in total. The molecule has 15 heavy (non-hydrogen) atoms. The van der Waals surface area contributed by atoms with Crippen molar-refractivity contribution in [1.82, 2.24) is 0 Å². The number of rotatable bonds is 2. The minimum atomic E-state index is -0.0878. The van der Waals surface area contributed by atoms with Gasteiger partial charge in [0.2, 0.25) is 0 Å². The molecule has 2 aromatic rings. The van der Waals surface area contributed by atoms with Gasteiger partial charge in [0.05, 0.1) is 0 Å². The van der Waals surface area contributed by atoms with Crippen LogP contribution >= 0.6 is 0 Å². The molecule has 0 bridgehead atoms. The van der Waals surface area contributed by atoms with E-state index in [2.05, 4.69) is 38.1 Å². The van der Waals surface area contributed by atoms with Gasteiger partial charge in [-0.3, -0.25) is 0 Å². The first-order valence-corrected chi connectivity index (χ1v) is 4.98. The first kappa shape index (κ1) is 9.97. The highest BCUT2D eigenvalue weighted by atomic mass is 14.2. The highest BCUT2D eigenvalue weighted by Gasteiger charge is 2.22. The molecular weight excluding hydrogens is 180 g/mol. The fourth-order valence-electron chi connectivity index (χ4n) is 1.57. The second kappa shape index (κ2) is 3.90. The molecule has 2 aromatic carbocycles. The topological polar surface area (TPSA) is 0 Å². The van der Waals surface area contributed by atoms with Crippen molar-refractivity contribution in [3.8, 4) is 0 Å². The summed E-state index contributed by atoms with van der Waals surface area (Å²) in [5, 5.41) is 0. The average Bonchev–Trinajstić information content (AvgIpc) is 2.31. The Labute approximate surface area is 91.6 Å². The molecule has 0 N–H and O–H groups in total. The fraction of sp³-hybridized carbons (Fsp3) is 0.200. The molecule has 0 aliphatic carbocycles. The Hall–Kier alpha value is -1.56. The molecule has 0 fully saturated rings. The molecule has 0 aromatic heterocycles. The quantitative estimate of drug-likeness (QED) is 0.685. The summed E-state index contributed by atoms with van der Waals surface area (Å²) in [7, 11) is 0. The average molecular weight is 192 g/mol. The lowest BCUT2D eigenvalue weighted by Gasteiger charge is -2.25. The van der Waals surface area contributed by atoms with E-state index in [1.807, 2.05) is 36.4 Å². The van der Waals surface area contributed by atoms with Crippen LogP contribution in [0.15, 0.2) is 36.4 Å². The van der Waals surface area contributed by atoms with E-state index in [1.165, 1.54) is 0 Å². The van der Waals surface area contributed by atoms with E-state index in [-0.39, 0.29) is 5.41 Å². The lowest BCUT2D eigenvalue weighted by molar-refractivity contribution is 0.638. The van der Waals surface area contributed by atoms with Gasteiger partial charge in [0, 0.05) is 5.41 Å². The van der Waals surface area contributed by atoms with E-state index in [4.69, 9.17) is 0 Å². The van der Waals surface area contributed by atoms with Gasteiger partial charge in [-0.1, -0.05) is 38.1 Å². The van der Waals surface area contributed by atoms with Gasteiger partial charge in [-0.15, -0.1) is 0 Å². The highest BCUT2D eigenvalue weighted by Crippen LogP contribution is 2.29. The Kier molecular flexibility index (Phi) is 2.59. The molecular formula is C15H12. The summed E-state index contributed by atoms with van der Waals surface area (Å²) in [4.78, 5) is 0. The summed E-state index contributed by atoms with van der Waals surface area (Å²) in [6, 6.07) is 24.1. The molecule has 72 valence electrons. The van der Waals surface area contributed by atoms with Crippen molar-refractivity contribution in [2.75, 3.05) is 0 Å². The van der Waals surface area contributed by atoms with Crippen molar-refractivity contribution in [3.63, 3.8) is 0 Å². The van der Waals surface area contributed by atoms with Crippen molar-refractivity contribution in [2.45, 2.75) is 19.3 Å². The SMILES string of the molecule is CC(C)(c1[c]cc[c]c1)c1[c]cc[c]c1. The first-order chi connectivity index (χ1) is 7.21. The van der Waals surface area contributed by atoms with Crippen molar-refractivity contribution < 1.29 is 0 Å². The zero-order valence-corrected chi connectivity index (χ0v) is 8.96. The Morgan fingerprint density at radius 3 is 1.60 bits per heavy atom. The predicted molar refractivity (Wildman–Crippen MR) is 60.4 cm³/mol. The van der Waals surface area contributed by atoms with Gasteiger partial charge >= 0.3 is 0 Å². The van der Waals surface area contributed by atoms with E-state index in [1.54, 1.807) is 0 Å². The van der Waals surface area contributed by atoms with E-state index >= 15 is 0 Å². The number of hydrogen-bond acceptors (Lipinski definition) is 0. The Balaban J connectivity index is 2.44. The number of benzene rings is 2. The molecule has 0 saturated carbocycles. The molecule has 0 aliphatic heterocycles. The lowest BCUT2D eigenvalue weighted by atomic mass is 9.78. The van der Waals surface area contributed by atoms with E-state index in [0.717, 1.165) is 11.1 Å². The van der Waals surface area contributed by atoms with Crippen molar-refractivity contribution in [1.29, 1.82) is 0 Å².